The maximum atomic E-state index is 5.84. The number of thiazole rings is 1. The Morgan fingerprint density at radius 2 is 2.23 bits per heavy atom. The lowest BCUT2D eigenvalue weighted by Crippen LogP contribution is -1.84. The first-order chi connectivity index (χ1) is 6.22. The summed E-state index contributed by atoms with van der Waals surface area (Å²) in [6.07, 6.45) is 0. The summed E-state index contributed by atoms with van der Waals surface area (Å²) in [5.41, 5.74) is 2.06. The average Bonchev–Trinajstić information content (AvgIpc) is 2.48. The van der Waals surface area contributed by atoms with Crippen molar-refractivity contribution in [3.05, 3.63) is 22.2 Å². The maximum absolute atomic E-state index is 5.84. The summed E-state index contributed by atoms with van der Waals surface area (Å²) in [7, 11) is 1.65. The van der Waals surface area contributed by atoms with E-state index in [1.807, 2.05) is 19.1 Å². The van der Waals surface area contributed by atoms with Crippen molar-refractivity contribution in [3.8, 4) is 5.75 Å². The molecule has 1 heterocycles. The van der Waals surface area contributed by atoms with E-state index in [2.05, 4.69) is 4.98 Å². The minimum Gasteiger partial charge on any atom is -0.495 e. The summed E-state index contributed by atoms with van der Waals surface area (Å²) < 4.78 is 6.79. The quantitative estimate of drug-likeness (QED) is 0.726. The number of benzene rings is 1. The Bertz CT molecular complexity index is 452. The van der Waals surface area contributed by atoms with E-state index in [0.29, 0.717) is 4.47 Å². The van der Waals surface area contributed by atoms with Gasteiger partial charge in [0.15, 0.2) is 4.47 Å². The number of hydrogen-bond acceptors (Lipinski definition) is 3. The third kappa shape index (κ3) is 1.38. The molecule has 0 unspecified atom stereocenters. The number of aryl methyl sites for hydroxylation is 1. The summed E-state index contributed by atoms with van der Waals surface area (Å²) >= 11 is 7.28. The Kier molecular flexibility index (Phi) is 2.14. The van der Waals surface area contributed by atoms with Gasteiger partial charge in [0.1, 0.15) is 5.75 Å². The van der Waals surface area contributed by atoms with E-state index in [1.165, 1.54) is 11.3 Å². The molecule has 0 saturated carbocycles. The number of hydrogen-bond donors (Lipinski definition) is 0. The van der Waals surface area contributed by atoms with Crippen LogP contribution in [0.3, 0.4) is 0 Å². The van der Waals surface area contributed by atoms with Crippen LogP contribution in [-0.4, -0.2) is 12.1 Å². The van der Waals surface area contributed by atoms with Gasteiger partial charge in [-0.15, -0.1) is 0 Å². The van der Waals surface area contributed by atoms with Gasteiger partial charge in [-0.3, -0.25) is 0 Å². The van der Waals surface area contributed by atoms with Gasteiger partial charge in [-0.05, 0) is 18.6 Å². The first-order valence-electron chi connectivity index (χ1n) is 3.82. The van der Waals surface area contributed by atoms with E-state index in [9.17, 15) is 0 Å². The second-order valence-corrected chi connectivity index (χ2v) is 4.31. The van der Waals surface area contributed by atoms with Crippen molar-refractivity contribution in [2.75, 3.05) is 7.11 Å². The first kappa shape index (κ1) is 8.78. The van der Waals surface area contributed by atoms with Crippen molar-refractivity contribution in [3.63, 3.8) is 0 Å². The Labute approximate surface area is 85.1 Å². The third-order valence-electron chi connectivity index (χ3n) is 1.90. The lowest BCUT2D eigenvalue weighted by molar-refractivity contribution is 0.420. The topological polar surface area (TPSA) is 22.1 Å². The fourth-order valence-electron chi connectivity index (χ4n) is 1.24. The molecule has 0 radical (unpaired) electrons. The highest BCUT2D eigenvalue weighted by molar-refractivity contribution is 7.22. The molecule has 1 aromatic carbocycles. The smallest absolute Gasteiger partial charge is 0.184 e. The second kappa shape index (κ2) is 3.16. The van der Waals surface area contributed by atoms with E-state index < -0.39 is 0 Å². The minimum absolute atomic E-state index is 0.558. The molecule has 0 aliphatic carbocycles. The molecule has 0 atom stereocenters. The van der Waals surface area contributed by atoms with Crippen molar-refractivity contribution < 1.29 is 4.74 Å². The van der Waals surface area contributed by atoms with Gasteiger partial charge in [0.05, 0.1) is 17.3 Å². The number of halogens is 1. The first-order valence-corrected chi connectivity index (χ1v) is 5.01. The van der Waals surface area contributed by atoms with Crippen LogP contribution < -0.4 is 4.74 Å². The molecule has 68 valence electrons. The lowest BCUT2D eigenvalue weighted by atomic mass is 10.2. The van der Waals surface area contributed by atoms with Gasteiger partial charge in [0.2, 0.25) is 0 Å². The fraction of sp³-hybridized carbons (Fsp3) is 0.222. The zero-order valence-electron chi connectivity index (χ0n) is 7.30. The molecule has 0 bridgehead atoms. The van der Waals surface area contributed by atoms with Crippen LogP contribution >= 0.6 is 22.9 Å². The average molecular weight is 214 g/mol. The van der Waals surface area contributed by atoms with Gasteiger partial charge < -0.3 is 4.74 Å². The molecule has 13 heavy (non-hydrogen) atoms. The lowest BCUT2D eigenvalue weighted by Gasteiger charge is -2.01. The minimum atomic E-state index is 0.558. The van der Waals surface area contributed by atoms with Gasteiger partial charge in [0, 0.05) is 0 Å². The van der Waals surface area contributed by atoms with Gasteiger partial charge in [0.25, 0.3) is 0 Å². The molecule has 0 spiro atoms. The van der Waals surface area contributed by atoms with Crippen LogP contribution in [0, 0.1) is 6.92 Å². The number of methoxy groups -OCH3 is 1. The van der Waals surface area contributed by atoms with Gasteiger partial charge in [-0.1, -0.05) is 29.0 Å². The largest absolute Gasteiger partial charge is 0.495 e. The zero-order chi connectivity index (χ0) is 9.42. The van der Waals surface area contributed by atoms with Crippen molar-refractivity contribution in [1.29, 1.82) is 0 Å². The monoisotopic (exact) mass is 213 g/mol. The van der Waals surface area contributed by atoms with Crippen LogP contribution in [0.25, 0.3) is 10.2 Å². The molecule has 0 fully saturated rings. The summed E-state index contributed by atoms with van der Waals surface area (Å²) in [6, 6.07) is 3.92. The SMILES string of the molecule is COc1ccc(C)c2nc(Cl)sc12. The highest BCUT2D eigenvalue weighted by Crippen LogP contribution is 2.34. The highest BCUT2D eigenvalue weighted by Gasteiger charge is 2.09. The molecule has 0 N–H and O–H groups in total. The highest BCUT2D eigenvalue weighted by atomic mass is 35.5. The number of fused-ring (bicyclic) bond motifs is 1. The molecule has 4 heteroatoms. The number of ether oxygens (including phenoxy) is 1. The van der Waals surface area contributed by atoms with Gasteiger partial charge in [-0.25, -0.2) is 4.98 Å². The van der Waals surface area contributed by atoms with Crippen molar-refractivity contribution in [2.24, 2.45) is 0 Å². The Morgan fingerprint density at radius 3 is 2.92 bits per heavy atom. The predicted octanol–water partition coefficient (Wildman–Crippen LogP) is 3.27. The van der Waals surface area contributed by atoms with E-state index in [4.69, 9.17) is 16.3 Å². The molecule has 0 amide bonds. The Hall–Kier alpha value is -0.800. The van der Waals surface area contributed by atoms with Crippen LogP contribution in [0.4, 0.5) is 0 Å². The zero-order valence-corrected chi connectivity index (χ0v) is 8.87. The second-order valence-electron chi connectivity index (χ2n) is 2.73. The molecular weight excluding hydrogens is 206 g/mol. The molecule has 0 aliphatic heterocycles. The number of aromatic nitrogens is 1. The molecule has 0 aliphatic rings. The maximum Gasteiger partial charge on any atom is 0.184 e. The molecule has 1 aromatic heterocycles. The summed E-state index contributed by atoms with van der Waals surface area (Å²) in [4.78, 5) is 4.23. The van der Waals surface area contributed by atoms with Crippen LogP contribution in [0.5, 0.6) is 5.75 Å². The summed E-state index contributed by atoms with van der Waals surface area (Å²) in [5.74, 6) is 0.838. The molecule has 2 aromatic rings. The van der Waals surface area contributed by atoms with E-state index in [-0.39, 0.29) is 0 Å². The Morgan fingerprint density at radius 1 is 1.46 bits per heavy atom. The van der Waals surface area contributed by atoms with Crippen LogP contribution in [0.2, 0.25) is 4.47 Å². The molecule has 2 nitrogen and oxygen atoms in total. The van der Waals surface area contributed by atoms with Crippen molar-refractivity contribution in [1.82, 2.24) is 4.98 Å². The Balaban J connectivity index is 2.83. The number of nitrogens with zero attached hydrogens (tertiary/aromatic N) is 1. The summed E-state index contributed by atoms with van der Waals surface area (Å²) in [6.45, 7) is 2.01. The third-order valence-corrected chi connectivity index (χ3v) is 3.08. The fourth-order valence-corrected chi connectivity index (χ4v) is 2.42. The normalized spacial score (nSPS) is 10.7. The van der Waals surface area contributed by atoms with E-state index in [0.717, 1.165) is 21.5 Å². The van der Waals surface area contributed by atoms with Gasteiger partial charge in [-0.2, -0.15) is 0 Å². The van der Waals surface area contributed by atoms with Crippen molar-refractivity contribution in [2.45, 2.75) is 6.92 Å². The van der Waals surface area contributed by atoms with Crippen LogP contribution in [-0.2, 0) is 0 Å². The standard InChI is InChI=1S/C9H8ClNOS/c1-5-3-4-6(12-2)8-7(5)11-9(10)13-8/h3-4H,1-2H3. The predicted molar refractivity (Wildman–Crippen MR) is 55.9 cm³/mol. The van der Waals surface area contributed by atoms with Crippen LogP contribution in [0.1, 0.15) is 5.56 Å². The van der Waals surface area contributed by atoms with E-state index >= 15 is 0 Å². The molecule has 2 rings (SSSR count). The van der Waals surface area contributed by atoms with Gasteiger partial charge >= 0.3 is 0 Å². The summed E-state index contributed by atoms with van der Waals surface area (Å²) in [5, 5.41) is 0. The van der Waals surface area contributed by atoms with Crippen LogP contribution in [0.15, 0.2) is 12.1 Å². The molecular formula is C9H8ClNOS. The molecule has 0 saturated heterocycles. The van der Waals surface area contributed by atoms with Crippen molar-refractivity contribution >= 4 is 33.2 Å². The number of rotatable bonds is 1. The van der Waals surface area contributed by atoms with E-state index in [1.54, 1.807) is 7.11 Å².